The number of hydrogen-bond donors (Lipinski definition) is 1. The van der Waals surface area contributed by atoms with E-state index in [1.54, 1.807) is 0 Å². The van der Waals surface area contributed by atoms with Crippen LogP contribution in [-0.2, 0) is 4.79 Å². The highest BCUT2D eigenvalue weighted by atomic mass is 16.1. The molecule has 2 aromatic carbocycles. The molecule has 0 saturated carbocycles. The van der Waals surface area contributed by atoms with E-state index in [0.29, 0.717) is 0 Å². The quantitative estimate of drug-likeness (QED) is 0.655. The Bertz CT molecular complexity index is 801. The summed E-state index contributed by atoms with van der Waals surface area (Å²) in [6.45, 7) is 6.35. The van der Waals surface area contributed by atoms with Gasteiger partial charge in [0, 0.05) is 28.4 Å². The van der Waals surface area contributed by atoms with Gasteiger partial charge in [-0.2, -0.15) is 0 Å². The molecule has 3 aromatic rings. The third-order valence-corrected chi connectivity index (χ3v) is 4.72. The molecule has 0 spiro atoms. The smallest absolute Gasteiger partial charge is 0.124 e. The van der Waals surface area contributed by atoms with Crippen molar-refractivity contribution >= 4 is 17.2 Å². The average Bonchev–Trinajstić information content (AvgIpc) is 2.88. The minimum absolute atomic E-state index is 0.0460. The van der Waals surface area contributed by atoms with E-state index in [9.17, 15) is 4.79 Å². The lowest BCUT2D eigenvalue weighted by molar-refractivity contribution is -0.112. The van der Waals surface area contributed by atoms with Gasteiger partial charge in [0.15, 0.2) is 0 Å². The third kappa shape index (κ3) is 2.81. The van der Waals surface area contributed by atoms with Crippen LogP contribution in [0, 0.1) is 18.8 Å². The molecule has 2 heteroatoms. The summed E-state index contributed by atoms with van der Waals surface area (Å²) in [5.74, 6) is 0.311. The molecule has 0 amide bonds. The predicted molar refractivity (Wildman–Crippen MR) is 95.7 cm³/mol. The van der Waals surface area contributed by atoms with E-state index in [-0.39, 0.29) is 17.8 Å². The van der Waals surface area contributed by atoms with Crippen molar-refractivity contribution in [3.05, 3.63) is 71.4 Å². The van der Waals surface area contributed by atoms with Crippen molar-refractivity contribution in [2.75, 3.05) is 0 Å². The fraction of sp³-hybridized carbons (Fsp3) is 0.286. The molecule has 0 aliphatic heterocycles. The van der Waals surface area contributed by atoms with Gasteiger partial charge in [-0.1, -0.05) is 62.4 Å². The van der Waals surface area contributed by atoms with Gasteiger partial charge >= 0.3 is 0 Å². The standard InChI is InChI=1S/C21H23NO/c1-14(2)18(13-23)21(16-9-5-4-6-10-16)20-15(3)22-19-12-8-7-11-17(19)20/h4-14,18,21-22H,1-3H3/t18-,21-/m1/s1. The normalized spacial score (nSPS) is 14.1. The summed E-state index contributed by atoms with van der Waals surface area (Å²) in [6.07, 6.45) is 1.13. The molecule has 0 bridgehead atoms. The van der Waals surface area contributed by atoms with Crippen LogP contribution in [0.25, 0.3) is 10.9 Å². The number of benzene rings is 2. The Balaban J connectivity index is 2.26. The summed E-state index contributed by atoms with van der Waals surface area (Å²) in [5.41, 5.74) is 4.73. The van der Waals surface area contributed by atoms with Crippen molar-refractivity contribution < 1.29 is 4.79 Å². The Kier molecular flexibility index (Phi) is 4.33. The van der Waals surface area contributed by atoms with Crippen molar-refractivity contribution in [2.45, 2.75) is 26.7 Å². The molecule has 0 saturated heterocycles. The number of H-pyrrole nitrogens is 1. The number of carbonyl (C=O) groups is 1. The van der Waals surface area contributed by atoms with Crippen LogP contribution in [0.1, 0.15) is 36.6 Å². The van der Waals surface area contributed by atoms with Crippen LogP contribution in [0.15, 0.2) is 54.6 Å². The summed E-state index contributed by atoms with van der Waals surface area (Å²) in [5, 5.41) is 1.21. The second kappa shape index (κ2) is 6.41. The molecule has 0 radical (unpaired) electrons. The second-order valence-corrected chi connectivity index (χ2v) is 6.56. The molecule has 2 atom stereocenters. The first-order valence-electron chi connectivity index (χ1n) is 8.21. The Morgan fingerprint density at radius 3 is 2.26 bits per heavy atom. The topological polar surface area (TPSA) is 32.9 Å². The van der Waals surface area contributed by atoms with Gasteiger partial charge in [0.1, 0.15) is 6.29 Å². The van der Waals surface area contributed by atoms with E-state index in [2.05, 4.69) is 68.2 Å². The van der Waals surface area contributed by atoms with Crippen molar-refractivity contribution in [1.82, 2.24) is 4.98 Å². The van der Waals surface area contributed by atoms with Gasteiger partial charge < -0.3 is 9.78 Å². The summed E-state index contributed by atoms with van der Waals surface area (Å²) in [7, 11) is 0. The second-order valence-electron chi connectivity index (χ2n) is 6.56. The maximum absolute atomic E-state index is 11.9. The van der Waals surface area contributed by atoms with Gasteiger partial charge in [-0.3, -0.25) is 0 Å². The van der Waals surface area contributed by atoms with E-state index in [0.717, 1.165) is 17.5 Å². The fourth-order valence-electron chi connectivity index (χ4n) is 3.56. The summed E-state index contributed by atoms with van der Waals surface area (Å²) in [6, 6.07) is 18.7. The number of aldehydes is 1. The lowest BCUT2D eigenvalue weighted by Gasteiger charge is -2.27. The zero-order valence-corrected chi connectivity index (χ0v) is 13.9. The summed E-state index contributed by atoms with van der Waals surface area (Å²) in [4.78, 5) is 15.4. The van der Waals surface area contributed by atoms with Crippen LogP contribution >= 0.6 is 0 Å². The highest BCUT2D eigenvalue weighted by Gasteiger charge is 2.30. The fourth-order valence-corrected chi connectivity index (χ4v) is 3.56. The largest absolute Gasteiger partial charge is 0.358 e. The third-order valence-electron chi connectivity index (χ3n) is 4.72. The number of aryl methyl sites for hydroxylation is 1. The van der Waals surface area contributed by atoms with E-state index in [4.69, 9.17) is 0 Å². The van der Waals surface area contributed by atoms with Crippen LogP contribution in [0.4, 0.5) is 0 Å². The Hall–Kier alpha value is -2.35. The molecule has 2 nitrogen and oxygen atoms in total. The first-order valence-corrected chi connectivity index (χ1v) is 8.21. The number of rotatable bonds is 5. The number of hydrogen-bond acceptors (Lipinski definition) is 1. The molecule has 0 fully saturated rings. The van der Waals surface area contributed by atoms with Gasteiger partial charge in [0.05, 0.1) is 0 Å². The highest BCUT2D eigenvalue weighted by molar-refractivity contribution is 5.86. The zero-order valence-electron chi connectivity index (χ0n) is 13.9. The monoisotopic (exact) mass is 305 g/mol. The number of carbonyl (C=O) groups excluding carboxylic acids is 1. The van der Waals surface area contributed by atoms with Crippen molar-refractivity contribution in [3.8, 4) is 0 Å². The number of nitrogens with one attached hydrogen (secondary N) is 1. The maximum Gasteiger partial charge on any atom is 0.124 e. The van der Waals surface area contributed by atoms with Gasteiger partial charge in [-0.25, -0.2) is 0 Å². The Morgan fingerprint density at radius 1 is 0.957 bits per heavy atom. The molecule has 23 heavy (non-hydrogen) atoms. The Morgan fingerprint density at radius 2 is 1.61 bits per heavy atom. The highest BCUT2D eigenvalue weighted by Crippen LogP contribution is 2.40. The molecule has 1 N–H and O–H groups in total. The first kappa shape index (κ1) is 15.5. The van der Waals surface area contributed by atoms with Crippen LogP contribution in [0.5, 0.6) is 0 Å². The number of aromatic nitrogens is 1. The van der Waals surface area contributed by atoms with Gasteiger partial charge in [-0.15, -0.1) is 0 Å². The molecule has 0 unspecified atom stereocenters. The van der Waals surface area contributed by atoms with Crippen LogP contribution in [-0.4, -0.2) is 11.3 Å². The van der Waals surface area contributed by atoms with Gasteiger partial charge in [0.25, 0.3) is 0 Å². The number of para-hydroxylation sites is 1. The molecule has 118 valence electrons. The number of aromatic amines is 1. The van der Waals surface area contributed by atoms with Crippen LogP contribution < -0.4 is 0 Å². The van der Waals surface area contributed by atoms with Crippen molar-refractivity contribution in [3.63, 3.8) is 0 Å². The summed E-state index contributed by atoms with van der Waals surface area (Å²) < 4.78 is 0. The minimum atomic E-state index is -0.0460. The minimum Gasteiger partial charge on any atom is -0.358 e. The van der Waals surface area contributed by atoms with Crippen LogP contribution in [0.2, 0.25) is 0 Å². The molecule has 0 aliphatic carbocycles. The van der Waals surface area contributed by atoms with Crippen molar-refractivity contribution in [2.24, 2.45) is 11.8 Å². The maximum atomic E-state index is 11.9. The van der Waals surface area contributed by atoms with E-state index in [1.807, 2.05) is 12.1 Å². The molecule has 0 aliphatic rings. The molecule has 3 rings (SSSR count). The van der Waals surface area contributed by atoms with Crippen molar-refractivity contribution in [1.29, 1.82) is 0 Å². The molecular formula is C21H23NO. The Labute approximate surface area is 137 Å². The first-order chi connectivity index (χ1) is 11.1. The predicted octanol–water partition coefficient (Wildman–Crippen LogP) is 5.08. The lowest BCUT2D eigenvalue weighted by atomic mass is 9.75. The SMILES string of the molecule is Cc1[nH]c2ccccc2c1[C@H](c1ccccc1)[C@H](C=O)C(C)C. The lowest BCUT2D eigenvalue weighted by Crippen LogP contribution is -2.21. The van der Waals surface area contributed by atoms with E-state index < -0.39 is 0 Å². The van der Waals surface area contributed by atoms with E-state index >= 15 is 0 Å². The zero-order chi connectivity index (χ0) is 16.4. The van der Waals surface area contributed by atoms with Gasteiger partial charge in [0.2, 0.25) is 0 Å². The van der Waals surface area contributed by atoms with Gasteiger partial charge in [-0.05, 0) is 30.0 Å². The molecule has 1 aromatic heterocycles. The molecule has 1 heterocycles. The number of fused-ring (bicyclic) bond motifs is 1. The summed E-state index contributed by atoms with van der Waals surface area (Å²) >= 11 is 0. The van der Waals surface area contributed by atoms with Crippen LogP contribution in [0.3, 0.4) is 0 Å². The van der Waals surface area contributed by atoms with E-state index in [1.165, 1.54) is 16.5 Å². The average molecular weight is 305 g/mol. The molecular weight excluding hydrogens is 282 g/mol.